The molecule has 0 aliphatic heterocycles. The van der Waals surface area contributed by atoms with Crippen molar-refractivity contribution in [2.45, 2.75) is 6.54 Å². The minimum atomic E-state index is -0.944. The molecule has 2 nitrogen and oxygen atoms in total. The summed E-state index contributed by atoms with van der Waals surface area (Å²) in [5.74, 6) is -2.41. The Hall–Kier alpha value is -2.01. The molecule has 1 aromatic heterocycles. The van der Waals surface area contributed by atoms with E-state index in [1.165, 1.54) is 18.5 Å². The molecule has 0 amide bonds. The Kier molecular flexibility index (Phi) is 3.14. The molecule has 2 aromatic carbocycles. The molecule has 0 N–H and O–H groups in total. The van der Waals surface area contributed by atoms with Gasteiger partial charge in [0.2, 0.25) is 0 Å². The van der Waals surface area contributed by atoms with Gasteiger partial charge < -0.3 is 4.57 Å². The third kappa shape index (κ3) is 2.25. The van der Waals surface area contributed by atoms with E-state index in [9.17, 15) is 13.2 Å². The Morgan fingerprint density at radius 3 is 2.50 bits per heavy atom. The third-order valence-electron chi connectivity index (χ3n) is 3.00. The monoisotopic (exact) mass is 296 g/mol. The van der Waals surface area contributed by atoms with Gasteiger partial charge >= 0.3 is 0 Å². The van der Waals surface area contributed by atoms with Gasteiger partial charge in [0.1, 0.15) is 5.82 Å². The highest BCUT2D eigenvalue weighted by Gasteiger charge is 2.10. The molecule has 0 aliphatic rings. The molecule has 0 aliphatic carbocycles. The van der Waals surface area contributed by atoms with Crippen molar-refractivity contribution in [3.63, 3.8) is 0 Å². The fourth-order valence-electron chi connectivity index (χ4n) is 2.01. The van der Waals surface area contributed by atoms with Crippen molar-refractivity contribution in [1.29, 1.82) is 0 Å². The average Bonchev–Trinajstić information content (AvgIpc) is 2.77. The van der Waals surface area contributed by atoms with Gasteiger partial charge in [-0.15, -0.1) is 0 Å². The Morgan fingerprint density at radius 1 is 1.00 bits per heavy atom. The average molecular weight is 297 g/mol. The van der Waals surface area contributed by atoms with Crippen LogP contribution >= 0.6 is 11.6 Å². The number of nitrogens with zero attached hydrogens (tertiary/aromatic N) is 2. The van der Waals surface area contributed by atoms with Gasteiger partial charge in [-0.2, -0.15) is 0 Å². The first kappa shape index (κ1) is 13.0. The van der Waals surface area contributed by atoms with Crippen LogP contribution in [0, 0.1) is 17.5 Å². The maximum Gasteiger partial charge on any atom is 0.161 e. The predicted molar refractivity (Wildman–Crippen MR) is 70.2 cm³/mol. The summed E-state index contributed by atoms with van der Waals surface area (Å²) in [5.41, 5.74) is 1.44. The SMILES string of the molecule is Fc1cc2ncn(Cc3ccc(Cl)c(F)c3)c2cc1F. The van der Waals surface area contributed by atoms with Gasteiger partial charge in [0.25, 0.3) is 0 Å². The van der Waals surface area contributed by atoms with E-state index in [4.69, 9.17) is 11.6 Å². The van der Waals surface area contributed by atoms with Crippen molar-refractivity contribution in [2.75, 3.05) is 0 Å². The highest BCUT2D eigenvalue weighted by Crippen LogP contribution is 2.20. The molecule has 102 valence electrons. The minimum Gasteiger partial charge on any atom is -0.326 e. The third-order valence-corrected chi connectivity index (χ3v) is 3.31. The number of fused-ring (bicyclic) bond motifs is 1. The molecule has 3 aromatic rings. The number of aromatic nitrogens is 2. The quantitative estimate of drug-likeness (QED) is 0.694. The zero-order valence-electron chi connectivity index (χ0n) is 10.1. The molecule has 0 unspecified atom stereocenters. The first-order valence-corrected chi connectivity index (χ1v) is 6.16. The number of hydrogen-bond donors (Lipinski definition) is 0. The number of benzene rings is 2. The Morgan fingerprint density at radius 2 is 1.75 bits per heavy atom. The summed E-state index contributed by atoms with van der Waals surface area (Å²) < 4.78 is 41.3. The molecule has 6 heteroatoms. The van der Waals surface area contributed by atoms with E-state index in [-0.39, 0.29) is 11.6 Å². The molecular weight excluding hydrogens is 289 g/mol. The van der Waals surface area contributed by atoms with E-state index >= 15 is 0 Å². The van der Waals surface area contributed by atoms with Gasteiger partial charge in [-0.05, 0) is 17.7 Å². The first-order valence-electron chi connectivity index (χ1n) is 5.78. The maximum atomic E-state index is 13.4. The van der Waals surface area contributed by atoms with Gasteiger partial charge in [-0.3, -0.25) is 0 Å². The summed E-state index contributed by atoms with van der Waals surface area (Å²) in [7, 11) is 0. The van der Waals surface area contributed by atoms with Gasteiger partial charge in [0.15, 0.2) is 11.6 Å². The van der Waals surface area contributed by atoms with Gasteiger partial charge in [-0.25, -0.2) is 18.2 Å². The van der Waals surface area contributed by atoms with Crippen molar-refractivity contribution in [3.05, 3.63) is 64.7 Å². The van der Waals surface area contributed by atoms with E-state index < -0.39 is 17.5 Å². The van der Waals surface area contributed by atoms with Crippen LogP contribution in [-0.4, -0.2) is 9.55 Å². The van der Waals surface area contributed by atoms with E-state index in [0.29, 0.717) is 16.6 Å². The molecule has 20 heavy (non-hydrogen) atoms. The number of rotatable bonds is 2. The Balaban J connectivity index is 2.02. The van der Waals surface area contributed by atoms with Crippen LogP contribution < -0.4 is 0 Å². The highest BCUT2D eigenvalue weighted by molar-refractivity contribution is 6.30. The second-order valence-electron chi connectivity index (χ2n) is 4.38. The molecule has 0 saturated heterocycles. The smallest absolute Gasteiger partial charge is 0.161 e. The van der Waals surface area contributed by atoms with Gasteiger partial charge in [0.05, 0.1) is 22.4 Å². The summed E-state index contributed by atoms with van der Waals surface area (Å²) >= 11 is 5.61. The van der Waals surface area contributed by atoms with Crippen molar-refractivity contribution in [1.82, 2.24) is 9.55 Å². The molecule has 0 radical (unpaired) electrons. The summed E-state index contributed by atoms with van der Waals surface area (Å²) in [6.07, 6.45) is 1.45. The molecular formula is C14H8ClF3N2. The van der Waals surface area contributed by atoms with Crippen LogP contribution in [0.3, 0.4) is 0 Å². The van der Waals surface area contributed by atoms with Crippen LogP contribution in [0.4, 0.5) is 13.2 Å². The molecule has 3 rings (SSSR count). The zero-order chi connectivity index (χ0) is 14.3. The normalized spacial score (nSPS) is 11.2. The van der Waals surface area contributed by atoms with Crippen LogP contribution in [-0.2, 0) is 6.54 Å². The minimum absolute atomic E-state index is 0.0392. The number of hydrogen-bond acceptors (Lipinski definition) is 1. The van der Waals surface area contributed by atoms with Crippen LogP contribution in [0.5, 0.6) is 0 Å². The lowest BCUT2D eigenvalue weighted by Crippen LogP contribution is -1.99. The maximum absolute atomic E-state index is 13.4. The lowest BCUT2D eigenvalue weighted by Gasteiger charge is -2.05. The van der Waals surface area contributed by atoms with Gasteiger partial charge in [-0.1, -0.05) is 17.7 Å². The Labute approximate surface area is 117 Å². The summed E-state index contributed by atoms with van der Waals surface area (Å²) in [6.45, 7) is 0.287. The Bertz CT molecular complexity index is 798. The van der Waals surface area contributed by atoms with Crippen LogP contribution in [0.25, 0.3) is 11.0 Å². The van der Waals surface area contributed by atoms with E-state index in [0.717, 1.165) is 12.1 Å². The van der Waals surface area contributed by atoms with E-state index in [2.05, 4.69) is 4.98 Å². The molecule has 0 atom stereocenters. The van der Waals surface area contributed by atoms with E-state index in [1.807, 2.05) is 0 Å². The number of halogens is 4. The van der Waals surface area contributed by atoms with Crippen molar-refractivity contribution in [2.24, 2.45) is 0 Å². The van der Waals surface area contributed by atoms with Crippen molar-refractivity contribution in [3.8, 4) is 0 Å². The lowest BCUT2D eigenvalue weighted by atomic mass is 10.2. The van der Waals surface area contributed by atoms with E-state index in [1.54, 1.807) is 10.6 Å². The van der Waals surface area contributed by atoms with Crippen LogP contribution in [0.2, 0.25) is 5.02 Å². The second-order valence-corrected chi connectivity index (χ2v) is 4.78. The topological polar surface area (TPSA) is 17.8 Å². The molecule has 0 bridgehead atoms. The molecule has 0 fully saturated rings. The molecule has 1 heterocycles. The predicted octanol–water partition coefficient (Wildman–Crippen LogP) is 4.16. The fourth-order valence-corrected chi connectivity index (χ4v) is 2.13. The number of imidazole rings is 1. The van der Waals surface area contributed by atoms with Crippen molar-refractivity contribution >= 4 is 22.6 Å². The molecule has 0 saturated carbocycles. The summed E-state index contributed by atoms with van der Waals surface area (Å²) in [5, 5.41) is 0.0392. The van der Waals surface area contributed by atoms with Gasteiger partial charge in [0, 0.05) is 18.7 Å². The molecule has 0 spiro atoms. The second kappa shape index (κ2) is 4.83. The zero-order valence-corrected chi connectivity index (χ0v) is 10.8. The fraction of sp³-hybridized carbons (Fsp3) is 0.0714. The summed E-state index contributed by atoms with van der Waals surface area (Å²) in [6, 6.07) is 6.52. The highest BCUT2D eigenvalue weighted by atomic mass is 35.5. The standard InChI is InChI=1S/C14H8ClF3N2/c15-9-2-1-8(3-10(9)16)6-20-7-19-13-4-11(17)12(18)5-14(13)20/h1-5,7H,6H2. The van der Waals surface area contributed by atoms with Crippen LogP contribution in [0.15, 0.2) is 36.7 Å². The van der Waals surface area contributed by atoms with Crippen LogP contribution in [0.1, 0.15) is 5.56 Å². The summed E-state index contributed by atoms with van der Waals surface area (Å²) in [4.78, 5) is 3.99. The van der Waals surface area contributed by atoms with Crippen molar-refractivity contribution < 1.29 is 13.2 Å². The largest absolute Gasteiger partial charge is 0.326 e. The first-order chi connectivity index (χ1) is 9.54. The lowest BCUT2D eigenvalue weighted by molar-refractivity contribution is 0.510.